The van der Waals surface area contributed by atoms with Crippen LogP contribution in [-0.4, -0.2) is 9.85 Å². The second-order valence-corrected chi connectivity index (χ2v) is 2.64. The number of rotatable bonds is 1. The Balaban J connectivity index is 3.29. The fraction of sp³-hybridized carbons (Fsp3) is 0.500. The van der Waals surface area contributed by atoms with Crippen LogP contribution in [0.4, 0.5) is 0 Å². The van der Waals surface area contributed by atoms with Gasteiger partial charge in [0.25, 0.3) is 0 Å². The van der Waals surface area contributed by atoms with E-state index in [9.17, 15) is 0 Å². The molecule has 0 spiro atoms. The minimum absolute atomic E-state index is 0.370. The van der Waals surface area contributed by atoms with Crippen molar-refractivity contribution in [2.75, 3.05) is 0 Å². The molecule has 0 heterocycles. The third-order valence-electron chi connectivity index (χ3n) is 0.298. The summed E-state index contributed by atoms with van der Waals surface area (Å²) in [4.78, 5) is 0.370. The maximum absolute atomic E-state index is 4.39. The molecular weight excluding hydrogens is 160 g/mol. The Hall–Kier alpha value is 0.350. The van der Waals surface area contributed by atoms with Gasteiger partial charge in [-0.3, -0.25) is 0 Å². The Morgan fingerprint density at radius 3 is 2.50 bits per heavy atom. The highest BCUT2D eigenvalue weighted by atomic mass is 79.9. The van der Waals surface area contributed by atoms with E-state index in [1.165, 1.54) is 0 Å². The largest absolute Gasteiger partial charge is 0.0841 e. The topological polar surface area (TPSA) is 0 Å². The van der Waals surface area contributed by atoms with Crippen molar-refractivity contribution in [3.8, 4) is 0 Å². The molecule has 0 saturated carbocycles. The maximum Gasteiger partial charge on any atom is 0.0380 e. The Morgan fingerprint density at radius 2 is 2.50 bits per heavy atom. The zero-order chi connectivity index (χ0) is 4.99. The van der Waals surface area contributed by atoms with Crippen molar-refractivity contribution in [1.82, 2.24) is 0 Å². The van der Waals surface area contributed by atoms with Crippen LogP contribution in [0.15, 0.2) is 6.08 Å². The standard InChI is InChI=1S/C4H5BrS/c1-4(5)2-3-6/h2,4H,1H3. The van der Waals surface area contributed by atoms with Crippen molar-refractivity contribution in [2.45, 2.75) is 11.8 Å². The third kappa shape index (κ3) is 4.35. The van der Waals surface area contributed by atoms with Crippen LogP contribution in [0.1, 0.15) is 6.92 Å². The summed E-state index contributed by atoms with van der Waals surface area (Å²) < 4.78 is 0. The Morgan fingerprint density at radius 1 is 2.00 bits per heavy atom. The second-order valence-electron chi connectivity index (χ2n) is 0.962. The monoisotopic (exact) mass is 164 g/mol. The van der Waals surface area contributed by atoms with Crippen LogP contribution in [0.5, 0.6) is 0 Å². The predicted octanol–water partition coefficient (Wildman–Crippen LogP) is 1.92. The van der Waals surface area contributed by atoms with Gasteiger partial charge in [0.1, 0.15) is 0 Å². The highest BCUT2D eigenvalue weighted by molar-refractivity contribution is 9.09. The lowest BCUT2D eigenvalue weighted by Gasteiger charge is -1.80. The van der Waals surface area contributed by atoms with Gasteiger partial charge in [-0.25, -0.2) is 0 Å². The molecule has 0 nitrogen and oxygen atoms in total. The van der Waals surface area contributed by atoms with Crippen LogP contribution in [-0.2, 0) is 0 Å². The highest BCUT2D eigenvalue weighted by Gasteiger charge is 1.79. The van der Waals surface area contributed by atoms with Gasteiger partial charge in [-0.1, -0.05) is 15.9 Å². The van der Waals surface area contributed by atoms with E-state index in [1.807, 2.05) is 6.92 Å². The van der Waals surface area contributed by atoms with Gasteiger partial charge in [-0.2, -0.15) is 0 Å². The zero-order valence-electron chi connectivity index (χ0n) is 3.44. The van der Waals surface area contributed by atoms with Gasteiger partial charge in [0.05, 0.1) is 0 Å². The molecule has 0 fully saturated rings. The molecule has 1 atom stereocenters. The lowest BCUT2D eigenvalue weighted by molar-refractivity contribution is 1.29. The first kappa shape index (κ1) is 6.35. The van der Waals surface area contributed by atoms with Crippen molar-refractivity contribution in [2.24, 2.45) is 0 Å². The first-order chi connectivity index (χ1) is 2.77. The summed E-state index contributed by atoms with van der Waals surface area (Å²) in [5.41, 5.74) is 0. The van der Waals surface area contributed by atoms with E-state index in [0.29, 0.717) is 4.83 Å². The van der Waals surface area contributed by atoms with Crippen LogP contribution >= 0.6 is 28.1 Å². The molecule has 0 aliphatic heterocycles. The molecule has 0 aromatic rings. The minimum atomic E-state index is 0.370. The van der Waals surface area contributed by atoms with Gasteiger partial charge in [-0.15, -0.1) is 0 Å². The van der Waals surface area contributed by atoms with Crippen molar-refractivity contribution in [3.63, 3.8) is 0 Å². The molecule has 34 valence electrons. The average molecular weight is 165 g/mol. The normalized spacial score (nSPS) is 12.3. The molecule has 0 rings (SSSR count). The van der Waals surface area contributed by atoms with E-state index in [1.54, 1.807) is 6.08 Å². The first-order valence-electron chi connectivity index (χ1n) is 1.62. The predicted molar refractivity (Wildman–Crippen MR) is 35.6 cm³/mol. The molecule has 0 saturated heterocycles. The van der Waals surface area contributed by atoms with Crippen molar-refractivity contribution in [1.29, 1.82) is 0 Å². The molecule has 6 heavy (non-hydrogen) atoms. The molecule has 0 aliphatic carbocycles. The smallest absolute Gasteiger partial charge is 0.0380 e. The molecule has 2 heteroatoms. The number of hydrogen-bond acceptors (Lipinski definition) is 1. The second kappa shape index (κ2) is 3.54. The average Bonchev–Trinajstić information content (AvgIpc) is 1.35. The number of thiocarbonyl (C=S) groups is 1. The van der Waals surface area contributed by atoms with E-state index in [0.717, 1.165) is 0 Å². The number of allylic oxidation sites excluding steroid dienone is 1. The summed E-state index contributed by atoms with van der Waals surface area (Å²) in [5.74, 6) is 0. The first-order valence-corrected chi connectivity index (χ1v) is 2.95. The van der Waals surface area contributed by atoms with Gasteiger partial charge < -0.3 is 0 Å². The van der Waals surface area contributed by atoms with Crippen LogP contribution in [0, 0.1) is 0 Å². The summed E-state index contributed by atoms with van der Waals surface area (Å²) in [6.45, 7) is 1.99. The number of hydrogen-bond donors (Lipinski definition) is 0. The van der Waals surface area contributed by atoms with E-state index >= 15 is 0 Å². The molecule has 0 bridgehead atoms. The van der Waals surface area contributed by atoms with Crippen molar-refractivity contribution < 1.29 is 0 Å². The molecular formula is C4H5BrS. The fourth-order valence-corrected chi connectivity index (χ4v) is 0.605. The summed E-state index contributed by atoms with van der Waals surface area (Å²) >= 11 is 7.64. The van der Waals surface area contributed by atoms with Crippen molar-refractivity contribution in [3.05, 3.63) is 6.08 Å². The van der Waals surface area contributed by atoms with E-state index < -0.39 is 0 Å². The molecule has 0 amide bonds. The molecule has 0 aliphatic rings. The van der Waals surface area contributed by atoms with Crippen LogP contribution in [0.3, 0.4) is 0 Å². The van der Waals surface area contributed by atoms with Gasteiger partial charge in [0.2, 0.25) is 0 Å². The van der Waals surface area contributed by atoms with E-state index in [2.05, 4.69) is 33.2 Å². The quantitative estimate of drug-likeness (QED) is 0.422. The van der Waals surface area contributed by atoms with Gasteiger partial charge >= 0.3 is 0 Å². The Bertz CT molecular complexity index is 71.6. The van der Waals surface area contributed by atoms with E-state index in [4.69, 9.17) is 0 Å². The molecule has 1 unspecified atom stereocenters. The zero-order valence-corrected chi connectivity index (χ0v) is 5.84. The molecule has 0 aromatic carbocycles. The van der Waals surface area contributed by atoms with E-state index in [-0.39, 0.29) is 0 Å². The molecule has 0 radical (unpaired) electrons. The fourth-order valence-electron chi connectivity index (χ4n) is 0.0938. The highest BCUT2D eigenvalue weighted by Crippen LogP contribution is 1.94. The van der Waals surface area contributed by atoms with Crippen LogP contribution < -0.4 is 0 Å². The third-order valence-corrected chi connectivity index (χ3v) is 0.698. The summed E-state index contributed by atoms with van der Waals surface area (Å²) in [6, 6.07) is 0. The molecule has 0 N–H and O–H groups in total. The van der Waals surface area contributed by atoms with Gasteiger partial charge in [0, 0.05) is 4.83 Å². The van der Waals surface area contributed by atoms with Gasteiger partial charge in [-0.05, 0) is 30.2 Å². The molecule has 0 aromatic heterocycles. The Kier molecular flexibility index (Phi) is 3.74. The Labute approximate surface area is 51.4 Å². The lowest BCUT2D eigenvalue weighted by Crippen LogP contribution is -1.76. The van der Waals surface area contributed by atoms with Gasteiger partial charge in [0.15, 0.2) is 0 Å². The van der Waals surface area contributed by atoms with Crippen LogP contribution in [0.25, 0.3) is 0 Å². The summed E-state index contributed by atoms with van der Waals surface area (Å²) in [7, 11) is 0. The minimum Gasteiger partial charge on any atom is -0.0841 e. The summed E-state index contributed by atoms with van der Waals surface area (Å²) in [6.07, 6.45) is 1.77. The summed E-state index contributed by atoms with van der Waals surface area (Å²) in [5, 5.41) is 2.48. The number of halogens is 1. The SMILES string of the molecule is CC(Br)C=C=S. The van der Waals surface area contributed by atoms with Crippen molar-refractivity contribution >= 4 is 33.2 Å². The lowest BCUT2D eigenvalue weighted by atomic mass is 10.5. The number of alkyl halides is 1. The maximum atomic E-state index is 4.39. The van der Waals surface area contributed by atoms with Crippen LogP contribution in [0.2, 0.25) is 0 Å².